The molecule has 1 aromatic heterocycles. The SMILES string of the molecule is Cc1ccc(-n2c(C)nnc2SCc2ccccc2)cc1. The molecule has 0 atom stereocenters. The van der Waals surface area contributed by atoms with Crippen molar-refractivity contribution in [1.29, 1.82) is 0 Å². The highest BCUT2D eigenvalue weighted by atomic mass is 32.2. The molecule has 21 heavy (non-hydrogen) atoms. The van der Waals surface area contributed by atoms with Gasteiger partial charge >= 0.3 is 0 Å². The summed E-state index contributed by atoms with van der Waals surface area (Å²) >= 11 is 1.71. The van der Waals surface area contributed by atoms with E-state index in [2.05, 4.69) is 70.2 Å². The van der Waals surface area contributed by atoms with Crippen molar-refractivity contribution in [2.24, 2.45) is 0 Å². The van der Waals surface area contributed by atoms with Crippen molar-refractivity contribution in [3.63, 3.8) is 0 Å². The van der Waals surface area contributed by atoms with Crippen LogP contribution in [0.1, 0.15) is 17.0 Å². The maximum Gasteiger partial charge on any atom is 0.196 e. The van der Waals surface area contributed by atoms with Crippen LogP contribution in [0, 0.1) is 13.8 Å². The Balaban J connectivity index is 1.85. The molecule has 106 valence electrons. The number of aryl methyl sites for hydroxylation is 2. The van der Waals surface area contributed by atoms with Crippen molar-refractivity contribution in [1.82, 2.24) is 14.8 Å². The highest BCUT2D eigenvalue weighted by Gasteiger charge is 2.11. The standard InChI is InChI=1S/C17H17N3S/c1-13-8-10-16(11-9-13)20-14(2)18-19-17(20)21-12-15-6-4-3-5-7-15/h3-11H,12H2,1-2H3. The molecule has 0 bridgehead atoms. The fourth-order valence-corrected chi connectivity index (χ4v) is 3.10. The van der Waals surface area contributed by atoms with Gasteiger partial charge < -0.3 is 0 Å². The number of rotatable bonds is 4. The third kappa shape index (κ3) is 3.16. The van der Waals surface area contributed by atoms with Crippen molar-refractivity contribution in [3.05, 3.63) is 71.5 Å². The van der Waals surface area contributed by atoms with Crippen LogP contribution in [0.25, 0.3) is 5.69 Å². The van der Waals surface area contributed by atoms with E-state index >= 15 is 0 Å². The second-order valence-electron chi connectivity index (χ2n) is 4.98. The fourth-order valence-electron chi connectivity index (χ4n) is 2.15. The van der Waals surface area contributed by atoms with Gasteiger partial charge in [0.2, 0.25) is 0 Å². The Bertz CT molecular complexity index is 718. The van der Waals surface area contributed by atoms with Crippen LogP contribution < -0.4 is 0 Å². The Morgan fingerprint density at radius 2 is 1.62 bits per heavy atom. The first kappa shape index (κ1) is 13.9. The Labute approximate surface area is 129 Å². The summed E-state index contributed by atoms with van der Waals surface area (Å²) in [5, 5.41) is 9.46. The first-order chi connectivity index (χ1) is 10.2. The average Bonchev–Trinajstić information content (AvgIpc) is 2.88. The van der Waals surface area contributed by atoms with Gasteiger partial charge in [0.05, 0.1) is 0 Å². The highest BCUT2D eigenvalue weighted by Crippen LogP contribution is 2.25. The van der Waals surface area contributed by atoms with E-state index in [0.717, 1.165) is 22.4 Å². The van der Waals surface area contributed by atoms with Crippen molar-refractivity contribution in [3.8, 4) is 5.69 Å². The summed E-state index contributed by atoms with van der Waals surface area (Å²) in [5.74, 6) is 1.81. The highest BCUT2D eigenvalue weighted by molar-refractivity contribution is 7.98. The van der Waals surface area contributed by atoms with Crippen molar-refractivity contribution in [2.45, 2.75) is 24.8 Å². The average molecular weight is 295 g/mol. The van der Waals surface area contributed by atoms with Gasteiger partial charge in [-0.05, 0) is 31.5 Å². The van der Waals surface area contributed by atoms with Gasteiger partial charge in [0, 0.05) is 11.4 Å². The molecule has 1 heterocycles. The van der Waals surface area contributed by atoms with Gasteiger partial charge in [-0.2, -0.15) is 0 Å². The van der Waals surface area contributed by atoms with E-state index in [1.165, 1.54) is 11.1 Å². The number of benzene rings is 2. The van der Waals surface area contributed by atoms with E-state index in [9.17, 15) is 0 Å². The zero-order valence-corrected chi connectivity index (χ0v) is 13.0. The minimum Gasteiger partial charge on any atom is -0.274 e. The smallest absolute Gasteiger partial charge is 0.196 e. The molecule has 0 aliphatic carbocycles. The molecule has 4 heteroatoms. The van der Waals surface area contributed by atoms with E-state index in [0.29, 0.717) is 0 Å². The normalized spacial score (nSPS) is 10.8. The first-order valence-electron chi connectivity index (χ1n) is 6.90. The van der Waals surface area contributed by atoms with Gasteiger partial charge in [0.15, 0.2) is 5.16 Å². The molecular weight excluding hydrogens is 278 g/mol. The first-order valence-corrected chi connectivity index (χ1v) is 7.88. The largest absolute Gasteiger partial charge is 0.274 e. The molecule has 0 aliphatic rings. The number of aromatic nitrogens is 3. The van der Waals surface area contributed by atoms with E-state index in [4.69, 9.17) is 0 Å². The lowest BCUT2D eigenvalue weighted by atomic mass is 10.2. The van der Waals surface area contributed by atoms with Crippen LogP contribution in [0.15, 0.2) is 59.8 Å². The Kier molecular flexibility index (Phi) is 4.06. The zero-order chi connectivity index (χ0) is 14.7. The van der Waals surface area contributed by atoms with Crippen LogP contribution in [-0.4, -0.2) is 14.8 Å². The molecule has 0 N–H and O–H groups in total. The van der Waals surface area contributed by atoms with E-state index < -0.39 is 0 Å². The van der Waals surface area contributed by atoms with Crippen LogP contribution in [0.3, 0.4) is 0 Å². The maximum atomic E-state index is 4.31. The molecule has 0 saturated carbocycles. The van der Waals surface area contributed by atoms with Crippen molar-refractivity contribution < 1.29 is 0 Å². The van der Waals surface area contributed by atoms with Crippen molar-refractivity contribution >= 4 is 11.8 Å². The number of hydrogen-bond acceptors (Lipinski definition) is 3. The lowest BCUT2D eigenvalue weighted by Gasteiger charge is -2.08. The topological polar surface area (TPSA) is 30.7 Å². The molecule has 0 spiro atoms. The summed E-state index contributed by atoms with van der Waals surface area (Å²) in [4.78, 5) is 0. The second-order valence-corrected chi connectivity index (χ2v) is 5.92. The summed E-state index contributed by atoms with van der Waals surface area (Å²) in [6, 6.07) is 18.9. The molecule has 3 nitrogen and oxygen atoms in total. The predicted molar refractivity (Wildman–Crippen MR) is 86.8 cm³/mol. The van der Waals surface area contributed by atoms with E-state index in [1.807, 2.05) is 13.0 Å². The molecule has 3 rings (SSSR count). The second kappa shape index (κ2) is 6.14. The minimum atomic E-state index is 0.894. The predicted octanol–water partition coefficient (Wildman–Crippen LogP) is 4.18. The van der Waals surface area contributed by atoms with E-state index in [-0.39, 0.29) is 0 Å². The molecule has 2 aromatic carbocycles. The number of hydrogen-bond donors (Lipinski definition) is 0. The van der Waals surface area contributed by atoms with Gasteiger partial charge in [0.1, 0.15) is 5.82 Å². The van der Waals surface area contributed by atoms with Crippen LogP contribution >= 0.6 is 11.8 Å². The Morgan fingerprint density at radius 3 is 2.33 bits per heavy atom. The summed E-state index contributed by atoms with van der Waals surface area (Å²) in [6.07, 6.45) is 0. The third-order valence-electron chi connectivity index (χ3n) is 3.30. The number of thioether (sulfide) groups is 1. The van der Waals surface area contributed by atoms with Crippen LogP contribution in [0.2, 0.25) is 0 Å². The van der Waals surface area contributed by atoms with Gasteiger partial charge in [-0.1, -0.05) is 59.8 Å². The molecule has 0 amide bonds. The molecule has 0 saturated heterocycles. The summed E-state index contributed by atoms with van der Waals surface area (Å²) in [7, 11) is 0. The maximum absolute atomic E-state index is 4.31. The quantitative estimate of drug-likeness (QED) is 0.677. The van der Waals surface area contributed by atoms with Crippen LogP contribution in [-0.2, 0) is 5.75 Å². The van der Waals surface area contributed by atoms with Gasteiger partial charge in [0.25, 0.3) is 0 Å². The van der Waals surface area contributed by atoms with Gasteiger partial charge in [-0.3, -0.25) is 4.57 Å². The minimum absolute atomic E-state index is 0.894. The Hall–Kier alpha value is -2.07. The molecule has 0 fully saturated rings. The monoisotopic (exact) mass is 295 g/mol. The summed E-state index contributed by atoms with van der Waals surface area (Å²) < 4.78 is 2.10. The molecular formula is C17H17N3S. The van der Waals surface area contributed by atoms with Gasteiger partial charge in [-0.15, -0.1) is 10.2 Å². The van der Waals surface area contributed by atoms with Crippen LogP contribution in [0.4, 0.5) is 0 Å². The molecule has 3 aromatic rings. The van der Waals surface area contributed by atoms with Crippen LogP contribution in [0.5, 0.6) is 0 Å². The van der Waals surface area contributed by atoms with E-state index in [1.54, 1.807) is 11.8 Å². The lowest BCUT2D eigenvalue weighted by Crippen LogP contribution is -1.99. The molecule has 0 unspecified atom stereocenters. The number of nitrogens with zero attached hydrogens (tertiary/aromatic N) is 3. The fraction of sp³-hybridized carbons (Fsp3) is 0.176. The Morgan fingerprint density at radius 1 is 0.905 bits per heavy atom. The van der Waals surface area contributed by atoms with Crippen molar-refractivity contribution in [2.75, 3.05) is 0 Å². The molecule has 0 aliphatic heterocycles. The zero-order valence-electron chi connectivity index (χ0n) is 12.2. The summed E-state index contributed by atoms with van der Waals surface area (Å²) in [5.41, 5.74) is 3.65. The lowest BCUT2D eigenvalue weighted by molar-refractivity contribution is 0.868. The summed E-state index contributed by atoms with van der Waals surface area (Å²) in [6.45, 7) is 4.08. The third-order valence-corrected chi connectivity index (χ3v) is 4.30. The van der Waals surface area contributed by atoms with Gasteiger partial charge in [-0.25, -0.2) is 0 Å². The molecule has 0 radical (unpaired) electrons.